The predicted octanol–water partition coefficient (Wildman–Crippen LogP) is -4.62. The number of carbonyl (C=O) groups is 13. The molecule has 33 nitrogen and oxygen atoms in total. The number of unbranched alkanes of at least 4 members (excludes halogenated alkanes) is 1. The van der Waals surface area contributed by atoms with Gasteiger partial charge in [-0.2, -0.15) is 0 Å². The number of carbonyl (C=O) groups excluding carboxylic acids is 10. The summed E-state index contributed by atoms with van der Waals surface area (Å²) in [5.74, 6) is -16.1. The maximum Gasteiger partial charge on any atom is 0.305 e. The molecule has 0 saturated carbocycles. The van der Waals surface area contributed by atoms with Gasteiger partial charge >= 0.3 is 17.9 Å². The summed E-state index contributed by atoms with van der Waals surface area (Å²) in [5, 5.41) is 61.9. The van der Waals surface area contributed by atoms with Crippen molar-refractivity contribution in [2.75, 3.05) is 13.1 Å². The molecule has 490 valence electrons. The summed E-state index contributed by atoms with van der Waals surface area (Å²) in [6.45, 7) is 8.98. The molecular formula is C55H88N16O17. The van der Waals surface area contributed by atoms with Gasteiger partial charge in [0, 0.05) is 42.9 Å². The smallest absolute Gasteiger partial charge is 0.305 e. The number of hydrogen-bond acceptors (Lipinski definition) is 17. The summed E-state index contributed by atoms with van der Waals surface area (Å²) in [5.41, 5.74) is 28.9. The number of fused-ring (bicyclic) bond motifs is 1. The van der Waals surface area contributed by atoms with Crippen LogP contribution < -0.4 is 76.5 Å². The molecule has 0 saturated heterocycles. The number of carboxylic acid groups (broad SMARTS) is 3. The molecule has 0 unspecified atom stereocenters. The van der Waals surface area contributed by atoms with Crippen molar-refractivity contribution in [3.8, 4) is 0 Å². The number of aromatic amines is 1. The lowest BCUT2D eigenvalue weighted by molar-refractivity contribution is -0.142. The fourth-order valence-electron chi connectivity index (χ4n) is 8.78. The molecule has 24 N–H and O–H groups in total. The monoisotopic (exact) mass is 1240 g/mol. The molecule has 2 aromatic rings. The average Bonchev–Trinajstić information content (AvgIpc) is 4.09. The molecule has 0 bridgehead atoms. The summed E-state index contributed by atoms with van der Waals surface area (Å²) >= 11 is 0. The number of carboxylic acids is 3. The standard InChI is InChI=1S/C55H88N16O17/c1-7-27(4)43(53(87)67-37(23-30-25-62-33-15-9-8-13-31(30)33)51(85)71-44(29(6)72)54(88)68-38(24-41(77)78)52(86)69-42(26(2)3)45(58)79)70-50(84)36(18-20-40(75)76)64-46(80)28(5)63-48(82)35(17-19-39(73)74)66-49(83)34(16-10-11-21-56)65-47(81)32(57)14-12-22-61-55(59)60/h8-9,13,15,25-29,32,34-38,42-44,62,72H,7,10-12,14,16-24,56-57H2,1-6H3,(H2,58,79)(H,63,82)(H,64,80)(H,65,81)(H,66,83)(H,67,87)(H,68,88)(H,69,86)(H,70,84)(H,71,85)(H,73,74)(H,75,76)(H,77,78)(H4,59,60,61)/t27-,28-,29+,32-,34-,35-,36-,37-,38-,42-,43-,44-/m0/s1. The normalized spacial score (nSPS) is 15.2. The molecule has 0 aliphatic heterocycles. The fourth-order valence-corrected chi connectivity index (χ4v) is 8.78. The minimum Gasteiger partial charge on any atom is -0.481 e. The highest BCUT2D eigenvalue weighted by molar-refractivity contribution is 6.00. The Labute approximate surface area is 507 Å². The van der Waals surface area contributed by atoms with Crippen molar-refractivity contribution in [3.05, 3.63) is 36.0 Å². The first kappa shape index (κ1) is 75.1. The van der Waals surface area contributed by atoms with E-state index in [9.17, 15) is 82.8 Å². The number of aliphatic carboxylic acids is 3. The number of hydrogen-bond donors (Lipinski definition) is 19. The van der Waals surface area contributed by atoms with Crippen LogP contribution in [0.5, 0.6) is 0 Å². The van der Waals surface area contributed by atoms with Gasteiger partial charge in [0.15, 0.2) is 5.96 Å². The summed E-state index contributed by atoms with van der Waals surface area (Å²) < 4.78 is 0. The average molecular weight is 1250 g/mol. The van der Waals surface area contributed by atoms with E-state index < -0.39 is 187 Å². The van der Waals surface area contributed by atoms with Crippen molar-refractivity contribution >= 4 is 93.8 Å². The summed E-state index contributed by atoms with van der Waals surface area (Å²) in [6.07, 6.45) is -2.55. The van der Waals surface area contributed by atoms with Crippen LogP contribution in [0.1, 0.15) is 118 Å². The number of nitrogens with two attached hydrogens (primary N) is 5. The number of rotatable bonds is 41. The topological polar surface area (TPSA) is 569 Å². The van der Waals surface area contributed by atoms with Gasteiger partial charge in [-0.3, -0.25) is 67.3 Å². The number of nitrogens with zero attached hydrogens (tertiary/aromatic N) is 1. The van der Waals surface area contributed by atoms with Gasteiger partial charge in [0.2, 0.25) is 59.1 Å². The van der Waals surface area contributed by atoms with Crippen molar-refractivity contribution < 1.29 is 82.8 Å². The van der Waals surface area contributed by atoms with Crippen molar-refractivity contribution in [1.29, 1.82) is 0 Å². The van der Waals surface area contributed by atoms with Gasteiger partial charge in [0.05, 0.1) is 18.6 Å². The highest BCUT2D eigenvalue weighted by Gasteiger charge is 2.38. The third kappa shape index (κ3) is 25.9. The van der Waals surface area contributed by atoms with Crippen LogP contribution >= 0.6 is 0 Å². The van der Waals surface area contributed by atoms with Crippen molar-refractivity contribution in [2.45, 2.75) is 185 Å². The Morgan fingerprint density at radius 3 is 1.58 bits per heavy atom. The van der Waals surface area contributed by atoms with E-state index in [2.05, 4.69) is 57.8 Å². The minimum absolute atomic E-state index is 0.0251. The Morgan fingerprint density at radius 1 is 0.545 bits per heavy atom. The molecule has 33 heteroatoms. The maximum atomic E-state index is 14.6. The first-order valence-electron chi connectivity index (χ1n) is 28.7. The SMILES string of the molecule is CC[C@H](C)[C@H](NC(=O)[C@H](CCC(=O)O)NC(=O)[C@H](C)NC(=O)[C@H](CCC(=O)O)NC(=O)[C@H](CCCCN)NC(=O)[C@@H](N)CCCN=C(N)N)C(=O)N[C@@H](Cc1c[nH]c2ccccc12)C(=O)N[C@H](C(=O)N[C@@H](CC(=O)O)C(=O)N[C@H](C(N)=O)C(C)C)[C@@H](C)O. The lowest BCUT2D eigenvalue weighted by atomic mass is 9.96. The quantitative estimate of drug-likeness (QED) is 0.0169. The highest BCUT2D eigenvalue weighted by Crippen LogP contribution is 2.20. The summed E-state index contributed by atoms with van der Waals surface area (Å²) in [6, 6.07) is -8.69. The number of H-pyrrole nitrogens is 1. The van der Waals surface area contributed by atoms with E-state index in [1.807, 2.05) is 0 Å². The van der Waals surface area contributed by atoms with Gasteiger partial charge in [-0.05, 0) is 88.8 Å². The zero-order valence-electron chi connectivity index (χ0n) is 50.2. The molecular weight excluding hydrogens is 1160 g/mol. The maximum absolute atomic E-state index is 14.6. The minimum atomic E-state index is -1.92. The molecule has 88 heavy (non-hydrogen) atoms. The molecule has 1 heterocycles. The van der Waals surface area contributed by atoms with Gasteiger partial charge in [-0.15, -0.1) is 0 Å². The summed E-state index contributed by atoms with van der Waals surface area (Å²) in [4.78, 5) is 179. The highest BCUT2D eigenvalue weighted by atomic mass is 16.4. The third-order valence-corrected chi connectivity index (χ3v) is 14.1. The van der Waals surface area contributed by atoms with Crippen molar-refractivity contribution in [2.24, 2.45) is 45.5 Å². The van der Waals surface area contributed by atoms with Crippen LogP contribution in [0.4, 0.5) is 0 Å². The summed E-state index contributed by atoms with van der Waals surface area (Å²) in [7, 11) is 0. The van der Waals surface area contributed by atoms with Gasteiger partial charge in [-0.25, -0.2) is 0 Å². The van der Waals surface area contributed by atoms with E-state index in [1.54, 1.807) is 58.2 Å². The number of aliphatic hydroxyl groups excluding tert-OH is 1. The zero-order valence-corrected chi connectivity index (χ0v) is 50.2. The zero-order chi connectivity index (χ0) is 66.5. The second-order valence-corrected chi connectivity index (χ2v) is 21.6. The number of benzene rings is 1. The van der Waals surface area contributed by atoms with E-state index in [0.717, 1.165) is 6.92 Å². The fraction of sp³-hybridized carbons (Fsp3) is 0.600. The molecule has 2 rings (SSSR count). The van der Waals surface area contributed by atoms with E-state index in [4.69, 9.17) is 28.7 Å². The van der Waals surface area contributed by atoms with E-state index in [0.29, 0.717) is 35.7 Å². The second-order valence-electron chi connectivity index (χ2n) is 21.6. The lowest BCUT2D eigenvalue weighted by Gasteiger charge is -2.30. The number of aliphatic hydroxyl groups is 1. The number of aliphatic imine (C=N–C) groups is 1. The van der Waals surface area contributed by atoms with Crippen LogP contribution in [-0.4, -0.2) is 188 Å². The Bertz CT molecular complexity index is 2790. The Kier molecular flexibility index (Phi) is 32.1. The molecule has 1 aromatic heterocycles. The van der Waals surface area contributed by atoms with Gasteiger partial charge in [0.25, 0.3) is 0 Å². The molecule has 0 radical (unpaired) electrons. The number of guanidine groups is 1. The van der Waals surface area contributed by atoms with E-state index in [1.165, 1.54) is 6.92 Å². The number of primary amides is 1. The van der Waals surface area contributed by atoms with E-state index in [-0.39, 0.29) is 44.7 Å². The van der Waals surface area contributed by atoms with Crippen molar-refractivity contribution in [3.63, 3.8) is 0 Å². The molecule has 0 spiro atoms. The second kappa shape index (κ2) is 37.6. The Balaban J connectivity index is 2.48. The van der Waals surface area contributed by atoms with Gasteiger partial charge < -0.3 is 102 Å². The lowest BCUT2D eigenvalue weighted by Crippen LogP contribution is -2.62. The molecule has 1 aromatic carbocycles. The first-order valence-corrected chi connectivity index (χ1v) is 28.7. The first-order chi connectivity index (χ1) is 41.3. The number of nitrogens with one attached hydrogen (secondary N) is 10. The van der Waals surface area contributed by atoms with Crippen molar-refractivity contribution in [1.82, 2.24) is 52.8 Å². The van der Waals surface area contributed by atoms with Crippen LogP contribution in [0, 0.1) is 11.8 Å². The van der Waals surface area contributed by atoms with Crippen LogP contribution in [-0.2, 0) is 68.7 Å². The van der Waals surface area contributed by atoms with Gasteiger partial charge in [-0.1, -0.05) is 52.3 Å². The molecule has 10 amide bonds. The third-order valence-electron chi connectivity index (χ3n) is 14.1. The Hall–Kier alpha value is -8.98. The number of para-hydroxylation sites is 1. The van der Waals surface area contributed by atoms with Crippen LogP contribution in [0.25, 0.3) is 10.9 Å². The molecule has 12 atom stereocenters. The van der Waals surface area contributed by atoms with Crippen LogP contribution in [0.15, 0.2) is 35.5 Å². The molecule has 0 aliphatic carbocycles. The molecule has 0 aliphatic rings. The largest absolute Gasteiger partial charge is 0.481 e. The number of aromatic nitrogens is 1. The molecule has 0 fully saturated rings. The van der Waals surface area contributed by atoms with Crippen LogP contribution in [0.2, 0.25) is 0 Å². The van der Waals surface area contributed by atoms with Gasteiger partial charge in [0.1, 0.15) is 54.4 Å². The number of amides is 10. The van der Waals surface area contributed by atoms with Crippen LogP contribution in [0.3, 0.4) is 0 Å². The Morgan fingerprint density at radius 2 is 1.03 bits per heavy atom. The van der Waals surface area contributed by atoms with E-state index >= 15 is 0 Å². The predicted molar refractivity (Wildman–Crippen MR) is 317 cm³/mol.